The van der Waals surface area contributed by atoms with Crippen LogP contribution in [0.15, 0.2) is 114 Å². The van der Waals surface area contributed by atoms with Gasteiger partial charge in [0.15, 0.2) is 8.07 Å². The largest absolute Gasteiger partial charge is 0.235 e. The van der Waals surface area contributed by atoms with Gasteiger partial charge in [-0.05, 0) is 32.9 Å². The van der Waals surface area contributed by atoms with Crippen molar-refractivity contribution in [3.05, 3.63) is 109 Å². The Morgan fingerprint density at radius 2 is 0.929 bits per heavy atom. The van der Waals surface area contributed by atoms with Crippen molar-refractivity contribution in [1.82, 2.24) is 0 Å². The molecule has 0 bridgehead atoms. The van der Waals surface area contributed by atoms with Crippen LogP contribution in [0.25, 0.3) is 0 Å². The zero-order valence-electron chi connectivity index (χ0n) is 15.5. The van der Waals surface area contributed by atoms with Gasteiger partial charge in [0, 0.05) is 6.72 Å². The quantitative estimate of drug-likeness (QED) is 0.396. The summed E-state index contributed by atoms with van der Waals surface area (Å²) < 4.78 is 0. The molecule has 5 rings (SSSR count). The molecule has 2 nitrogen and oxygen atoms in total. The highest BCUT2D eigenvalue weighted by Gasteiger charge is 2.48. The maximum atomic E-state index is 4.39. The van der Waals surface area contributed by atoms with Gasteiger partial charge in [0.25, 0.3) is 0 Å². The van der Waals surface area contributed by atoms with Crippen LogP contribution >= 0.6 is 0 Å². The molecule has 0 fully saturated rings. The van der Waals surface area contributed by atoms with E-state index in [4.69, 9.17) is 0 Å². The molecule has 4 aromatic carbocycles. The molecule has 0 saturated heterocycles. The van der Waals surface area contributed by atoms with E-state index in [1.165, 1.54) is 20.7 Å². The lowest BCUT2D eigenvalue weighted by atomic mass is 10.2. The predicted molar refractivity (Wildman–Crippen MR) is 122 cm³/mol. The fourth-order valence-corrected chi connectivity index (χ4v) is 9.63. The normalized spacial score (nSPS) is 14.1. The molecule has 0 N–H and O–H groups in total. The Bertz CT molecular complexity index is 1050. The first-order chi connectivity index (χ1) is 13.9. The van der Waals surface area contributed by atoms with Crippen LogP contribution in [-0.4, -0.2) is 14.8 Å². The second-order valence-corrected chi connectivity index (χ2v) is 10.7. The number of nitrogens with zero attached hydrogens (tertiary/aromatic N) is 2. The van der Waals surface area contributed by atoms with Crippen molar-refractivity contribution in [2.45, 2.75) is 0 Å². The lowest BCUT2D eigenvalue weighted by Gasteiger charge is -2.43. The zero-order valence-corrected chi connectivity index (χ0v) is 16.5. The molecule has 28 heavy (non-hydrogen) atoms. The van der Waals surface area contributed by atoms with Crippen LogP contribution in [0.2, 0.25) is 0 Å². The van der Waals surface area contributed by atoms with Crippen molar-refractivity contribution in [2.24, 2.45) is 5.10 Å². The van der Waals surface area contributed by atoms with Crippen LogP contribution in [0.3, 0.4) is 0 Å². The topological polar surface area (TPSA) is 15.6 Å². The first-order valence-electron chi connectivity index (χ1n) is 9.44. The molecule has 0 spiro atoms. The molecule has 0 unspecified atom stereocenters. The summed E-state index contributed by atoms with van der Waals surface area (Å²) in [4.78, 5) is 0. The minimum atomic E-state index is -2.46. The summed E-state index contributed by atoms with van der Waals surface area (Å²) in [5.74, 6) is 0. The number of para-hydroxylation sites is 2. The highest BCUT2D eigenvalue weighted by molar-refractivity contribution is 7.21. The molecule has 0 aromatic heterocycles. The van der Waals surface area contributed by atoms with Gasteiger partial charge in [-0.1, -0.05) is 97.1 Å². The third-order valence-corrected chi connectivity index (χ3v) is 10.5. The van der Waals surface area contributed by atoms with Crippen LogP contribution in [-0.2, 0) is 0 Å². The number of hydrogen-bond donors (Lipinski definition) is 0. The second kappa shape index (κ2) is 6.62. The Kier molecular flexibility index (Phi) is 3.96. The van der Waals surface area contributed by atoms with Crippen LogP contribution < -0.4 is 25.8 Å². The number of rotatable bonds is 3. The molecule has 0 radical (unpaired) electrons. The van der Waals surface area contributed by atoms with E-state index >= 15 is 0 Å². The van der Waals surface area contributed by atoms with Gasteiger partial charge >= 0.3 is 0 Å². The standard InChI is InChI=1S/C25H20N2Si/c1-26-27-22-16-8-10-18-24(22)28(20-12-4-2-5-13-20,21-14-6-3-7-15-21)25-19-11-9-17-23(25)27/h2-19H,1H2. The smallest absolute Gasteiger partial charge is 0.184 e. The number of hydrogen-bond acceptors (Lipinski definition) is 2. The molecule has 3 heteroatoms. The first-order valence-corrected chi connectivity index (χ1v) is 11.4. The van der Waals surface area contributed by atoms with E-state index in [9.17, 15) is 0 Å². The van der Waals surface area contributed by atoms with E-state index in [-0.39, 0.29) is 0 Å². The summed E-state index contributed by atoms with van der Waals surface area (Å²) in [5.41, 5.74) is 2.24. The van der Waals surface area contributed by atoms with Crippen LogP contribution in [0.1, 0.15) is 0 Å². The lowest BCUT2D eigenvalue weighted by molar-refractivity contribution is 1.10. The summed E-state index contributed by atoms with van der Waals surface area (Å²) >= 11 is 0. The SMILES string of the molecule is C=NN1c2ccccc2[Si](c2ccccc2)(c2ccccc2)c2ccccc21. The third kappa shape index (κ3) is 2.23. The predicted octanol–water partition coefficient (Wildman–Crippen LogP) is 3.13. The van der Waals surface area contributed by atoms with Crippen LogP contribution in [0.5, 0.6) is 0 Å². The Balaban J connectivity index is 1.99. The number of fused-ring (bicyclic) bond motifs is 2. The molecule has 0 amide bonds. The van der Waals surface area contributed by atoms with Gasteiger partial charge in [0.05, 0.1) is 11.4 Å². The number of hydrazone groups is 1. The minimum absolute atomic E-state index is 1.12. The summed E-state index contributed by atoms with van der Waals surface area (Å²) in [5, 5.41) is 11.8. The molecular formula is C25H20N2Si. The van der Waals surface area contributed by atoms with E-state index < -0.39 is 8.07 Å². The average Bonchev–Trinajstić information content (AvgIpc) is 2.78. The highest BCUT2D eigenvalue weighted by Crippen LogP contribution is 2.31. The van der Waals surface area contributed by atoms with Crippen LogP contribution in [0, 0.1) is 0 Å². The van der Waals surface area contributed by atoms with Crippen molar-refractivity contribution >= 4 is 46.9 Å². The average molecular weight is 377 g/mol. The zero-order chi connectivity index (χ0) is 19.0. The Hall–Kier alpha value is -3.43. The summed E-state index contributed by atoms with van der Waals surface area (Å²) in [6, 6.07) is 39.2. The van der Waals surface area contributed by atoms with Gasteiger partial charge < -0.3 is 0 Å². The number of benzene rings is 4. The molecule has 0 aliphatic carbocycles. The van der Waals surface area contributed by atoms with Gasteiger partial charge in [-0.2, -0.15) is 5.10 Å². The molecule has 134 valence electrons. The van der Waals surface area contributed by atoms with Gasteiger partial charge in [-0.15, -0.1) is 0 Å². The van der Waals surface area contributed by atoms with Gasteiger partial charge in [0.2, 0.25) is 0 Å². The molecule has 0 atom stereocenters. The molecule has 0 saturated carbocycles. The van der Waals surface area contributed by atoms with E-state index in [0.717, 1.165) is 11.4 Å². The van der Waals surface area contributed by atoms with E-state index in [1.54, 1.807) is 0 Å². The summed E-state index contributed by atoms with van der Waals surface area (Å²) in [6.07, 6.45) is 0. The Morgan fingerprint density at radius 1 is 0.536 bits per heavy atom. The van der Waals surface area contributed by atoms with Crippen molar-refractivity contribution in [3.63, 3.8) is 0 Å². The summed E-state index contributed by atoms with van der Waals surface area (Å²) in [7, 11) is -2.46. The molecule has 1 aliphatic rings. The summed E-state index contributed by atoms with van der Waals surface area (Å²) in [6.45, 7) is 3.87. The van der Waals surface area contributed by atoms with E-state index in [0.29, 0.717) is 0 Å². The van der Waals surface area contributed by atoms with Crippen molar-refractivity contribution in [1.29, 1.82) is 0 Å². The van der Waals surface area contributed by atoms with Gasteiger partial charge in [0.1, 0.15) is 0 Å². The Morgan fingerprint density at radius 3 is 1.36 bits per heavy atom. The maximum absolute atomic E-state index is 4.39. The van der Waals surface area contributed by atoms with E-state index in [1.807, 2.05) is 5.01 Å². The van der Waals surface area contributed by atoms with Crippen molar-refractivity contribution < 1.29 is 0 Å². The Labute approximate surface area is 166 Å². The van der Waals surface area contributed by atoms with Crippen LogP contribution in [0.4, 0.5) is 11.4 Å². The van der Waals surface area contributed by atoms with E-state index in [2.05, 4.69) is 121 Å². The van der Waals surface area contributed by atoms with Gasteiger partial charge in [-0.25, -0.2) is 5.01 Å². The maximum Gasteiger partial charge on any atom is 0.184 e. The monoisotopic (exact) mass is 376 g/mol. The van der Waals surface area contributed by atoms with Crippen molar-refractivity contribution in [3.8, 4) is 0 Å². The number of anilines is 2. The molecular weight excluding hydrogens is 356 g/mol. The lowest BCUT2D eigenvalue weighted by Crippen LogP contribution is -2.77. The van der Waals surface area contributed by atoms with Gasteiger partial charge in [-0.3, -0.25) is 0 Å². The molecule has 4 aromatic rings. The molecule has 1 heterocycles. The third-order valence-electron chi connectivity index (χ3n) is 5.63. The molecule has 1 aliphatic heterocycles. The van der Waals surface area contributed by atoms with Crippen molar-refractivity contribution in [2.75, 3.05) is 5.01 Å². The fraction of sp³-hybridized carbons (Fsp3) is 0. The second-order valence-electron chi connectivity index (χ2n) is 6.97. The first kappa shape index (κ1) is 16.7. The highest BCUT2D eigenvalue weighted by atomic mass is 28.3. The minimum Gasteiger partial charge on any atom is -0.235 e. The fourth-order valence-electron chi connectivity index (χ4n) is 4.54.